The van der Waals surface area contributed by atoms with Crippen molar-refractivity contribution in [1.82, 2.24) is 5.32 Å². The van der Waals surface area contributed by atoms with Crippen molar-refractivity contribution in [2.24, 2.45) is 0 Å². The molecule has 0 aliphatic rings. The second kappa shape index (κ2) is 9.37. The van der Waals surface area contributed by atoms with Crippen LogP contribution in [0.5, 0.6) is 5.75 Å². The first-order valence-corrected chi connectivity index (χ1v) is 7.16. The number of hydrogen-bond donors (Lipinski definition) is 2. The van der Waals surface area contributed by atoms with Crippen molar-refractivity contribution in [2.75, 3.05) is 26.9 Å². The van der Waals surface area contributed by atoms with Crippen molar-refractivity contribution in [3.05, 3.63) is 29.3 Å². The van der Waals surface area contributed by atoms with E-state index >= 15 is 0 Å². The first kappa shape index (κ1) is 17.5. The van der Waals surface area contributed by atoms with E-state index in [2.05, 4.69) is 11.4 Å². The third-order valence-corrected chi connectivity index (χ3v) is 2.95. The fourth-order valence-corrected chi connectivity index (χ4v) is 2.02. The van der Waals surface area contributed by atoms with E-state index in [0.29, 0.717) is 26.0 Å². The fourth-order valence-electron chi connectivity index (χ4n) is 2.02. The van der Waals surface area contributed by atoms with E-state index in [0.717, 1.165) is 16.9 Å². The van der Waals surface area contributed by atoms with E-state index in [4.69, 9.17) is 9.47 Å². The summed E-state index contributed by atoms with van der Waals surface area (Å²) in [6, 6.07) is 5.98. The number of methoxy groups -OCH3 is 1. The second-order valence-electron chi connectivity index (χ2n) is 5.17. The number of aliphatic hydroxyl groups is 1. The van der Waals surface area contributed by atoms with Gasteiger partial charge in [0.25, 0.3) is 0 Å². The molecule has 1 aromatic rings. The number of carbonyl (C=O) groups is 1. The predicted octanol–water partition coefficient (Wildman–Crippen LogP) is 1.59. The first-order valence-electron chi connectivity index (χ1n) is 7.16. The van der Waals surface area contributed by atoms with Gasteiger partial charge in [-0.05, 0) is 43.5 Å². The largest absolute Gasteiger partial charge is 0.493 e. The molecular weight excluding hydrogens is 270 g/mol. The number of nitrogens with one attached hydrogen (secondary N) is 1. The molecule has 1 aromatic carbocycles. The molecule has 0 saturated heterocycles. The summed E-state index contributed by atoms with van der Waals surface area (Å²) >= 11 is 0. The Morgan fingerprint density at radius 2 is 1.95 bits per heavy atom. The molecule has 0 aliphatic carbocycles. The van der Waals surface area contributed by atoms with E-state index in [1.165, 1.54) is 7.11 Å². The van der Waals surface area contributed by atoms with Gasteiger partial charge in [-0.2, -0.15) is 0 Å². The van der Waals surface area contributed by atoms with Gasteiger partial charge < -0.3 is 19.9 Å². The number of carbonyl (C=O) groups excluding carboxylic acids is 1. The Hall–Kier alpha value is -1.59. The van der Waals surface area contributed by atoms with E-state index < -0.39 is 6.10 Å². The van der Waals surface area contributed by atoms with Crippen molar-refractivity contribution in [3.8, 4) is 5.75 Å². The Bertz CT molecular complexity index is 428. The highest BCUT2D eigenvalue weighted by molar-refractivity contribution is 5.75. The lowest BCUT2D eigenvalue weighted by molar-refractivity contribution is -0.121. The molecule has 0 aliphatic heterocycles. The van der Waals surface area contributed by atoms with Crippen LogP contribution < -0.4 is 10.1 Å². The smallest absolute Gasteiger partial charge is 0.223 e. The molecule has 0 heterocycles. The van der Waals surface area contributed by atoms with Gasteiger partial charge in [0.05, 0.1) is 25.7 Å². The van der Waals surface area contributed by atoms with Gasteiger partial charge in [-0.25, -0.2) is 0 Å². The lowest BCUT2D eigenvalue weighted by atomic mass is 10.1. The highest BCUT2D eigenvalue weighted by Crippen LogP contribution is 2.16. The minimum absolute atomic E-state index is 0.0796. The highest BCUT2D eigenvalue weighted by atomic mass is 16.5. The summed E-state index contributed by atoms with van der Waals surface area (Å²) in [5, 5.41) is 12.2. The zero-order chi connectivity index (χ0) is 15.7. The van der Waals surface area contributed by atoms with Crippen LogP contribution in [0.25, 0.3) is 0 Å². The third-order valence-electron chi connectivity index (χ3n) is 2.95. The average molecular weight is 295 g/mol. The molecular formula is C16H25NO4. The topological polar surface area (TPSA) is 67.8 Å². The van der Waals surface area contributed by atoms with Crippen LogP contribution in [0.3, 0.4) is 0 Å². The van der Waals surface area contributed by atoms with E-state index in [9.17, 15) is 9.90 Å². The highest BCUT2D eigenvalue weighted by Gasteiger charge is 2.06. The first-order chi connectivity index (χ1) is 10.0. The van der Waals surface area contributed by atoms with Gasteiger partial charge in [-0.15, -0.1) is 0 Å². The molecule has 0 spiro atoms. The quantitative estimate of drug-likeness (QED) is 0.726. The van der Waals surface area contributed by atoms with Gasteiger partial charge in [0.15, 0.2) is 0 Å². The zero-order valence-corrected chi connectivity index (χ0v) is 13.0. The molecule has 5 heteroatoms. The van der Waals surface area contributed by atoms with Crippen molar-refractivity contribution < 1.29 is 19.4 Å². The Morgan fingerprint density at radius 1 is 1.29 bits per heavy atom. The molecule has 0 aromatic heterocycles. The normalized spacial score (nSPS) is 12.0. The van der Waals surface area contributed by atoms with Gasteiger partial charge in [0.1, 0.15) is 5.75 Å². The fraction of sp³-hybridized carbons (Fsp3) is 0.562. The third kappa shape index (κ3) is 7.68. The number of ether oxygens (including phenoxy) is 2. The minimum atomic E-state index is -0.540. The molecule has 21 heavy (non-hydrogen) atoms. The van der Waals surface area contributed by atoms with Crippen LogP contribution in [0.15, 0.2) is 18.2 Å². The molecule has 1 amide bonds. The number of aryl methyl sites for hydroxylation is 2. The molecule has 1 atom stereocenters. The second-order valence-corrected chi connectivity index (χ2v) is 5.17. The number of amides is 1. The number of hydrogen-bond acceptors (Lipinski definition) is 4. The summed E-state index contributed by atoms with van der Waals surface area (Å²) in [4.78, 5) is 11.6. The molecule has 0 saturated carbocycles. The van der Waals surface area contributed by atoms with Crippen LogP contribution in [0.4, 0.5) is 0 Å². The molecule has 1 rings (SSSR count). The Morgan fingerprint density at radius 3 is 2.57 bits per heavy atom. The van der Waals surface area contributed by atoms with Crippen LogP contribution in [0, 0.1) is 13.8 Å². The molecule has 2 N–H and O–H groups in total. The van der Waals surface area contributed by atoms with Crippen molar-refractivity contribution in [1.29, 1.82) is 0 Å². The van der Waals surface area contributed by atoms with E-state index in [-0.39, 0.29) is 12.5 Å². The summed E-state index contributed by atoms with van der Waals surface area (Å²) < 4.78 is 10.4. The maximum absolute atomic E-state index is 11.6. The lowest BCUT2D eigenvalue weighted by Crippen LogP contribution is -2.29. The van der Waals surface area contributed by atoms with Crippen LogP contribution in [-0.4, -0.2) is 44.0 Å². The minimum Gasteiger partial charge on any atom is -0.493 e. The molecule has 0 radical (unpaired) electrons. The molecule has 118 valence electrons. The zero-order valence-electron chi connectivity index (χ0n) is 13.0. The van der Waals surface area contributed by atoms with Crippen LogP contribution in [0.1, 0.15) is 24.0 Å². The van der Waals surface area contributed by atoms with Crippen molar-refractivity contribution in [3.63, 3.8) is 0 Å². The predicted molar refractivity (Wildman–Crippen MR) is 81.5 cm³/mol. The summed E-state index contributed by atoms with van der Waals surface area (Å²) in [5.74, 6) is 0.708. The van der Waals surface area contributed by atoms with E-state index in [1.54, 1.807) is 0 Å². The summed E-state index contributed by atoms with van der Waals surface area (Å²) in [6.45, 7) is 5.09. The molecule has 1 unspecified atom stereocenters. The number of aliphatic hydroxyl groups excluding tert-OH is 1. The Balaban J connectivity index is 2.18. The standard InChI is InChI=1S/C16H25NO4/c1-12-8-13(2)10-15(9-12)21-7-5-16(19)17-6-4-14(18)11-20-3/h8-10,14,18H,4-7,11H2,1-3H3,(H,17,19). The Labute approximate surface area is 126 Å². The molecule has 0 fully saturated rings. The Kier molecular flexibility index (Phi) is 7.79. The maximum atomic E-state index is 11.6. The van der Waals surface area contributed by atoms with Crippen LogP contribution in [0.2, 0.25) is 0 Å². The monoisotopic (exact) mass is 295 g/mol. The van der Waals surface area contributed by atoms with Crippen molar-refractivity contribution in [2.45, 2.75) is 32.8 Å². The van der Waals surface area contributed by atoms with Gasteiger partial charge >= 0.3 is 0 Å². The van der Waals surface area contributed by atoms with Crippen molar-refractivity contribution >= 4 is 5.91 Å². The van der Waals surface area contributed by atoms with Gasteiger partial charge in [-0.3, -0.25) is 4.79 Å². The number of rotatable bonds is 9. The maximum Gasteiger partial charge on any atom is 0.223 e. The summed E-state index contributed by atoms with van der Waals surface area (Å²) in [7, 11) is 1.53. The summed E-state index contributed by atoms with van der Waals surface area (Å²) in [6.07, 6.45) is 0.243. The van der Waals surface area contributed by atoms with Crippen LogP contribution >= 0.6 is 0 Å². The van der Waals surface area contributed by atoms with E-state index in [1.807, 2.05) is 26.0 Å². The van der Waals surface area contributed by atoms with Crippen LogP contribution in [-0.2, 0) is 9.53 Å². The molecule has 5 nitrogen and oxygen atoms in total. The van der Waals surface area contributed by atoms with Gasteiger partial charge in [-0.1, -0.05) is 6.07 Å². The molecule has 0 bridgehead atoms. The SMILES string of the molecule is COCC(O)CCNC(=O)CCOc1cc(C)cc(C)c1. The van der Waals surface area contributed by atoms with Gasteiger partial charge in [0, 0.05) is 13.7 Å². The van der Waals surface area contributed by atoms with Gasteiger partial charge in [0.2, 0.25) is 5.91 Å². The summed E-state index contributed by atoms with van der Waals surface area (Å²) in [5.41, 5.74) is 2.28. The lowest BCUT2D eigenvalue weighted by Gasteiger charge is -2.11. The number of benzene rings is 1. The average Bonchev–Trinajstić information content (AvgIpc) is 2.37.